The summed E-state index contributed by atoms with van der Waals surface area (Å²) >= 11 is 0. The molecule has 1 atom stereocenters. The highest BCUT2D eigenvalue weighted by molar-refractivity contribution is 5.96. The lowest BCUT2D eigenvalue weighted by atomic mass is 10.1. The molecule has 4 heteroatoms. The van der Waals surface area contributed by atoms with Crippen molar-refractivity contribution in [2.45, 2.75) is 46.6 Å². The Bertz CT molecular complexity index is 481. The minimum atomic E-state index is -0.134. The van der Waals surface area contributed by atoms with Gasteiger partial charge in [-0.25, -0.2) is 0 Å². The molecule has 130 valence electrons. The van der Waals surface area contributed by atoms with Crippen LogP contribution in [0, 0.1) is 13.8 Å². The number of carbonyl (C=O) groups excluding carboxylic acids is 1. The van der Waals surface area contributed by atoms with E-state index in [9.17, 15) is 4.79 Å². The van der Waals surface area contributed by atoms with Crippen LogP contribution in [-0.2, 0) is 4.79 Å². The molecule has 1 aromatic carbocycles. The highest BCUT2D eigenvalue weighted by Crippen LogP contribution is 2.20. The molecule has 1 aromatic rings. The van der Waals surface area contributed by atoms with Crippen LogP contribution < -0.4 is 5.32 Å². The molecule has 0 aromatic heterocycles. The number of nitrogens with one attached hydrogen (secondary N) is 1. The summed E-state index contributed by atoms with van der Waals surface area (Å²) < 4.78 is 0. The van der Waals surface area contributed by atoms with E-state index in [0.29, 0.717) is 0 Å². The predicted octanol–water partition coefficient (Wildman–Crippen LogP) is 3.29. The second-order valence-electron chi connectivity index (χ2n) is 6.51. The Labute approximate surface area is 141 Å². The number of amides is 1. The van der Waals surface area contributed by atoms with Crippen LogP contribution in [0.3, 0.4) is 0 Å². The first kappa shape index (κ1) is 19.7. The Kier molecular flexibility index (Phi) is 8.28. The molecule has 0 aliphatic rings. The molecule has 0 saturated heterocycles. The summed E-state index contributed by atoms with van der Waals surface area (Å²) in [6, 6.07) is 5.97. The minimum absolute atomic E-state index is 0.0845. The molecule has 0 radical (unpaired) electrons. The zero-order chi connectivity index (χ0) is 17.4. The van der Waals surface area contributed by atoms with Gasteiger partial charge in [0, 0.05) is 12.2 Å². The van der Waals surface area contributed by atoms with E-state index < -0.39 is 0 Å². The monoisotopic (exact) mass is 319 g/mol. The number of benzene rings is 1. The maximum Gasteiger partial charge on any atom is 0.243 e. The van der Waals surface area contributed by atoms with Gasteiger partial charge in [0.25, 0.3) is 0 Å². The first-order valence-electron chi connectivity index (χ1n) is 8.66. The fourth-order valence-corrected chi connectivity index (χ4v) is 2.92. The molecule has 0 bridgehead atoms. The molecule has 0 heterocycles. The van der Waals surface area contributed by atoms with E-state index in [0.717, 1.165) is 49.3 Å². The van der Waals surface area contributed by atoms with Crippen molar-refractivity contribution in [2.24, 2.45) is 0 Å². The summed E-state index contributed by atoms with van der Waals surface area (Å²) in [7, 11) is 4.13. The summed E-state index contributed by atoms with van der Waals surface area (Å²) in [6.07, 6.45) is 2.14. The van der Waals surface area contributed by atoms with Gasteiger partial charge in [-0.1, -0.05) is 32.0 Å². The second kappa shape index (κ2) is 9.68. The Morgan fingerprint density at radius 1 is 1.09 bits per heavy atom. The maximum absolute atomic E-state index is 12.9. The van der Waals surface area contributed by atoms with Crippen LogP contribution in [0.25, 0.3) is 0 Å². The van der Waals surface area contributed by atoms with E-state index in [4.69, 9.17) is 0 Å². The maximum atomic E-state index is 12.9. The zero-order valence-corrected chi connectivity index (χ0v) is 15.6. The van der Waals surface area contributed by atoms with E-state index in [2.05, 4.69) is 36.0 Å². The summed E-state index contributed by atoms with van der Waals surface area (Å²) in [5, 5.41) is 3.16. The topological polar surface area (TPSA) is 35.6 Å². The number of para-hydroxylation sites is 1. The fourth-order valence-electron chi connectivity index (χ4n) is 2.92. The Morgan fingerprint density at radius 2 is 1.65 bits per heavy atom. The molecule has 0 saturated carbocycles. The van der Waals surface area contributed by atoms with Crippen molar-refractivity contribution in [3.05, 3.63) is 29.3 Å². The number of carbonyl (C=O) groups is 1. The van der Waals surface area contributed by atoms with E-state index >= 15 is 0 Å². The van der Waals surface area contributed by atoms with Crippen LogP contribution >= 0.6 is 0 Å². The highest BCUT2D eigenvalue weighted by Gasteiger charge is 2.25. The first-order valence-corrected chi connectivity index (χ1v) is 8.66. The zero-order valence-electron chi connectivity index (χ0n) is 15.6. The van der Waals surface area contributed by atoms with Gasteiger partial charge in [-0.2, -0.15) is 0 Å². The number of hydrogen-bond acceptors (Lipinski definition) is 3. The Hall–Kier alpha value is -1.39. The summed E-state index contributed by atoms with van der Waals surface area (Å²) in [4.78, 5) is 17.3. The van der Waals surface area contributed by atoms with Gasteiger partial charge in [0.15, 0.2) is 0 Å². The number of likely N-dealkylation sites (N-methyl/N-ethyl adjacent to an activating group) is 2. The van der Waals surface area contributed by atoms with Crippen LogP contribution in [0.4, 0.5) is 5.69 Å². The molecular weight excluding hydrogens is 286 g/mol. The average molecular weight is 319 g/mol. The lowest BCUT2D eigenvalue weighted by molar-refractivity contribution is -0.121. The third-order valence-electron chi connectivity index (χ3n) is 4.23. The van der Waals surface area contributed by atoms with Gasteiger partial charge >= 0.3 is 0 Å². The smallest absolute Gasteiger partial charge is 0.243 e. The summed E-state index contributed by atoms with van der Waals surface area (Å²) in [6.45, 7) is 11.1. The molecule has 1 rings (SSSR count). The minimum Gasteiger partial charge on any atom is -0.324 e. The van der Waals surface area contributed by atoms with Gasteiger partial charge in [0.2, 0.25) is 5.91 Å². The summed E-state index contributed by atoms with van der Waals surface area (Å²) in [5.74, 6) is 0.0845. The molecular formula is C19H33N3O. The molecule has 0 aliphatic heterocycles. The van der Waals surface area contributed by atoms with Crippen molar-refractivity contribution in [3.63, 3.8) is 0 Å². The van der Waals surface area contributed by atoms with Crippen molar-refractivity contribution < 1.29 is 4.79 Å². The number of anilines is 1. The molecule has 1 amide bonds. The van der Waals surface area contributed by atoms with E-state index in [1.807, 2.05) is 39.1 Å². The van der Waals surface area contributed by atoms with Crippen LogP contribution in [0.2, 0.25) is 0 Å². The van der Waals surface area contributed by atoms with Gasteiger partial charge < -0.3 is 10.2 Å². The van der Waals surface area contributed by atoms with E-state index in [1.54, 1.807) is 0 Å². The number of nitrogens with zero attached hydrogens (tertiary/aromatic N) is 2. The number of rotatable bonds is 9. The molecule has 0 spiro atoms. The predicted molar refractivity (Wildman–Crippen MR) is 99.0 cm³/mol. The van der Waals surface area contributed by atoms with Crippen LogP contribution in [-0.4, -0.2) is 55.5 Å². The Balaban J connectivity index is 2.90. The van der Waals surface area contributed by atoms with Gasteiger partial charge in [-0.3, -0.25) is 9.69 Å². The lowest BCUT2D eigenvalue weighted by Crippen LogP contribution is -2.49. The van der Waals surface area contributed by atoms with E-state index in [1.165, 1.54) is 0 Å². The van der Waals surface area contributed by atoms with E-state index in [-0.39, 0.29) is 11.9 Å². The third-order valence-corrected chi connectivity index (χ3v) is 4.23. The third kappa shape index (κ3) is 5.96. The normalized spacial score (nSPS) is 12.7. The highest BCUT2D eigenvalue weighted by atomic mass is 16.2. The SMILES string of the molecule is CCCN(C)CC(C(=O)Nc1c(C)cccc1C)N(C)CCC. The standard InChI is InChI=1S/C19H33N3O/c1-7-12-21(5)14-17(22(6)13-8-2)19(23)20-18-15(3)10-9-11-16(18)4/h9-11,17H,7-8,12-14H2,1-6H3,(H,20,23). The van der Waals surface area contributed by atoms with Crippen molar-refractivity contribution in [1.29, 1.82) is 0 Å². The molecule has 0 fully saturated rings. The van der Waals surface area contributed by atoms with Crippen LogP contribution in [0.5, 0.6) is 0 Å². The largest absolute Gasteiger partial charge is 0.324 e. The molecule has 23 heavy (non-hydrogen) atoms. The van der Waals surface area contributed by atoms with Gasteiger partial charge in [-0.05, 0) is 65.0 Å². The number of aryl methyl sites for hydroxylation is 2. The van der Waals surface area contributed by atoms with Crippen LogP contribution in [0.1, 0.15) is 37.8 Å². The van der Waals surface area contributed by atoms with Gasteiger partial charge in [0.05, 0.1) is 0 Å². The fraction of sp³-hybridized carbons (Fsp3) is 0.632. The molecule has 0 aliphatic carbocycles. The second-order valence-corrected chi connectivity index (χ2v) is 6.51. The molecule has 1 unspecified atom stereocenters. The van der Waals surface area contributed by atoms with Crippen molar-refractivity contribution >= 4 is 11.6 Å². The Morgan fingerprint density at radius 3 is 2.17 bits per heavy atom. The average Bonchev–Trinajstić information content (AvgIpc) is 2.49. The first-order chi connectivity index (χ1) is 10.9. The van der Waals surface area contributed by atoms with Crippen molar-refractivity contribution in [3.8, 4) is 0 Å². The lowest BCUT2D eigenvalue weighted by Gasteiger charge is -2.30. The number of hydrogen-bond donors (Lipinski definition) is 1. The van der Waals surface area contributed by atoms with Gasteiger partial charge in [-0.15, -0.1) is 0 Å². The molecule has 1 N–H and O–H groups in total. The quantitative estimate of drug-likeness (QED) is 0.758. The van der Waals surface area contributed by atoms with Gasteiger partial charge in [0.1, 0.15) is 6.04 Å². The van der Waals surface area contributed by atoms with Crippen molar-refractivity contribution in [2.75, 3.05) is 39.0 Å². The van der Waals surface area contributed by atoms with Crippen LogP contribution in [0.15, 0.2) is 18.2 Å². The van der Waals surface area contributed by atoms with Crippen molar-refractivity contribution in [1.82, 2.24) is 9.80 Å². The molecule has 4 nitrogen and oxygen atoms in total. The summed E-state index contributed by atoms with van der Waals surface area (Å²) in [5.41, 5.74) is 3.17.